The third-order valence-electron chi connectivity index (χ3n) is 4.32. The van der Waals surface area contributed by atoms with E-state index < -0.39 is 0 Å². The molecule has 2 rings (SSSR count). The summed E-state index contributed by atoms with van der Waals surface area (Å²) in [5.41, 5.74) is 3.43. The van der Waals surface area contributed by atoms with Crippen LogP contribution in [0.4, 0.5) is 5.69 Å². The molecule has 2 aromatic carbocycles. The summed E-state index contributed by atoms with van der Waals surface area (Å²) < 4.78 is 5.17. The first kappa shape index (κ1) is 21.4. The van der Waals surface area contributed by atoms with Crippen molar-refractivity contribution in [3.05, 3.63) is 71.3 Å². The van der Waals surface area contributed by atoms with E-state index in [0.29, 0.717) is 17.9 Å². The lowest BCUT2D eigenvalue weighted by atomic mass is 9.87. The fraction of sp³-hybridized carbons (Fsp3) is 0.333. The maximum atomic E-state index is 12.1. The molecule has 2 aromatic rings. The number of esters is 1. The van der Waals surface area contributed by atoms with Gasteiger partial charge in [-0.15, -0.1) is 0 Å². The lowest BCUT2D eigenvalue weighted by Gasteiger charge is -2.18. The average molecular weight is 380 g/mol. The number of amides is 1. The number of nitrogens with one attached hydrogen (secondary N) is 1. The highest BCUT2D eigenvalue weighted by Gasteiger charge is 2.12. The van der Waals surface area contributed by atoms with Gasteiger partial charge >= 0.3 is 5.97 Å². The van der Waals surface area contributed by atoms with Gasteiger partial charge in [-0.25, -0.2) is 4.79 Å². The van der Waals surface area contributed by atoms with Crippen LogP contribution in [-0.2, 0) is 14.9 Å². The molecular formula is C24H29NO3. The molecule has 4 nitrogen and oxygen atoms in total. The van der Waals surface area contributed by atoms with Gasteiger partial charge in [0.05, 0.1) is 12.2 Å². The minimum absolute atomic E-state index is 0.105. The second-order valence-corrected chi connectivity index (χ2v) is 7.76. The van der Waals surface area contributed by atoms with Crippen molar-refractivity contribution in [2.24, 2.45) is 0 Å². The van der Waals surface area contributed by atoms with Crippen LogP contribution in [0, 0.1) is 0 Å². The molecule has 0 spiro atoms. The topological polar surface area (TPSA) is 55.4 Å². The molecule has 0 heterocycles. The Labute approximate surface area is 167 Å². The molecule has 0 bridgehead atoms. The van der Waals surface area contributed by atoms with E-state index in [1.54, 1.807) is 30.3 Å². The van der Waals surface area contributed by atoms with E-state index in [2.05, 4.69) is 38.2 Å². The Balaban J connectivity index is 1.90. The van der Waals surface area contributed by atoms with Gasteiger partial charge in [-0.3, -0.25) is 4.79 Å². The van der Waals surface area contributed by atoms with Gasteiger partial charge < -0.3 is 10.1 Å². The van der Waals surface area contributed by atoms with Crippen LogP contribution in [0.15, 0.2) is 54.6 Å². The van der Waals surface area contributed by atoms with Crippen molar-refractivity contribution in [1.29, 1.82) is 0 Å². The first-order valence-corrected chi connectivity index (χ1v) is 9.66. The maximum absolute atomic E-state index is 12.1. The molecule has 0 aromatic heterocycles. The third kappa shape index (κ3) is 6.69. The molecule has 0 unspecified atom stereocenters. The Bertz CT molecular complexity index is 812. The summed E-state index contributed by atoms with van der Waals surface area (Å²) in [5.74, 6) is -0.567. The molecule has 0 aliphatic rings. The molecule has 0 aliphatic carbocycles. The standard InChI is InChI=1S/C24H29NO3/c1-5-6-17-28-23(27)19-10-14-21(15-11-19)25-22(26)16-9-18-7-12-20(13-8-18)24(2,3)4/h7-16H,5-6,17H2,1-4H3,(H,25,26). The first-order valence-electron chi connectivity index (χ1n) is 9.66. The van der Waals surface area contributed by atoms with Gasteiger partial charge in [0.1, 0.15) is 0 Å². The number of carbonyl (C=O) groups is 2. The average Bonchev–Trinajstić information content (AvgIpc) is 2.67. The molecule has 0 aliphatic heterocycles. The highest BCUT2D eigenvalue weighted by Crippen LogP contribution is 2.22. The second kappa shape index (κ2) is 9.88. The van der Waals surface area contributed by atoms with E-state index in [1.807, 2.05) is 19.1 Å². The summed E-state index contributed by atoms with van der Waals surface area (Å²) in [7, 11) is 0. The lowest BCUT2D eigenvalue weighted by Crippen LogP contribution is -2.10. The molecule has 0 saturated carbocycles. The van der Waals surface area contributed by atoms with E-state index in [0.717, 1.165) is 18.4 Å². The Morgan fingerprint density at radius 1 is 1.00 bits per heavy atom. The third-order valence-corrected chi connectivity index (χ3v) is 4.32. The summed E-state index contributed by atoms with van der Waals surface area (Å²) in [6.07, 6.45) is 5.11. The molecule has 0 atom stereocenters. The predicted octanol–water partition coefficient (Wildman–Crippen LogP) is 5.59. The highest BCUT2D eigenvalue weighted by molar-refractivity contribution is 6.02. The van der Waals surface area contributed by atoms with E-state index >= 15 is 0 Å². The zero-order chi connectivity index (χ0) is 20.6. The van der Waals surface area contributed by atoms with Crippen LogP contribution in [0.25, 0.3) is 6.08 Å². The summed E-state index contributed by atoms with van der Waals surface area (Å²) in [6.45, 7) is 8.97. The van der Waals surface area contributed by atoms with Crippen LogP contribution in [0.1, 0.15) is 62.0 Å². The number of hydrogen-bond donors (Lipinski definition) is 1. The minimum Gasteiger partial charge on any atom is -0.462 e. The van der Waals surface area contributed by atoms with Gasteiger partial charge in [0.2, 0.25) is 5.91 Å². The Hall–Kier alpha value is -2.88. The fourth-order valence-electron chi connectivity index (χ4n) is 2.53. The number of anilines is 1. The monoisotopic (exact) mass is 379 g/mol. The molecule has 0 radical (unpaired) electrons. The van der Waals surface area contributed by atoms with Gasteiger partial charge in [0, 0.05) is 11.8 Å². The Kier molecular flexibility index (Phi) is 7.56. The molecule has 0 fully saturated rings. The van der Waals surface area contributed by atoms with Gasteiger partial charge in [-0.1, -0.05) is 58.4 Å². The number of unbranched alkanes of at least 4 members (excludes halogenated alkanes) is 1. The molecular weight excluding hydrogens is 350 g/mol. The smallest absolute Gasteiger partial charge is 0.338 e. The van der Waals surface area contributed by atoms with Crippen molar-refractivity contribution in [3.63, 3.8) is 0 Å². The predicted molar refractivity (Wildman–Crippen MR) is 114 cm³/mol. The Morgan fingerprint density at radius 3 is 2.21 bits per heavy atom. The zero-order valence-electron chi connectivity index (χ0n) is 17.1. The Morgan fingerprint density at radius 2 is 1.64 bits per heavy atom. The maximum Gasteiger partial charge on any atom is 0.338 e. The summed E-state index contributed by atoms with van der Waals surface area (Å²) in [6, 6.07) is 14.9. The van der Waals surface area contributed by atoms with Crippen LogP contribution in [0.5, 0.6) is 0 Å². The normalized spacial score (nSPS) is 11.4. The molecule has 1 amide bonds. The molecule has 1 N–H and O–H groups in total. The SMILES string of the molecule is CCCCOC(=O)c1ccc(NC(=O)C=Cc2ccc(C(C)(C)C)cc2)cc1. The lowest BCUT2D eigenvalue weighted by molar-refractivity contribution is -0.111. The highest BCUT2D eigenvalue weighted by atomic mass is 16.5. The minimum atomic E-state index is -0.343. The van der Waals surface area contributed by atoms with E-state index in [1.165, 1.54) is 11.6 Å². The van der Waals surface area contributed by atoms with Crippen LogP contribution in [-0.4, -0.2) is 18.5 Å². The second-order valence-electron chi connectivity index (χ2n) is 7.76. The van der Waals surface area contributed by atoms with Crippen molar-refractivity contribution in [3.8, 4) is 0 Å². The van der Waals surface area contributed by atoms with Crippen LogP contribution in [0.2, 0.25) is 0 Å². The molecule has 28 heavy (non-hydrogen) atoms. The van der Waals surface area contributed by atoms with E-state index in [9.17, 15) is 9.59 Å². The van der Waals surface area contributed by atoms with Crippen molar-refractivity contribution in [2.45, 2.75) is 46.0 Å². The molecule has 4 heteroatoms. The molecule has 148 valence electrons. The molecule has 0 saturated heterocycles. The van der Waals surface area contributed by atoms with Crippen LogP contribution < -0.4 is 5.32 Å². The number of carbonyl (C=O) groups excluding carboxylic acids is 2. The van der Waals surface area contributed by atoms with E-state index in [4.69, 9.17) is 4.74 Å². The van der Waals surface area contributed by atoms with Gasteiger partial charge in [0.15, 0.2) is 0 Å². The largest absolute Gasteiger partial charge is 0.462 e. The zero-order valence-corrected chi connectivity index (χ0v) is 17.1. The number of rotatable bonds is 7. The number of ether oxygens (including phenoxy) is 1. The van der Waals surface area contributed by atoms with E-state index in [-0.39, 0.29) is 17.3 Å². The number of benzene rings is 2. The van der Waals surface area contributed by atoms with Crippen molar-refractivity contribution in [2.75, 3.05) is 11.9 Å². The van der Waals surface area contributed by atoms with Crippen molar-refractivity contribution in [1.82, 2.24) is 0 Å². The quantitative estimate of drug-likeness (QED) is 0.387. The summed E-state index contributed by atoms with van der Waals surface area (Å²) in [5, 5.41) is 2.79. The number of hydrogen-bond acceptors (Lipinski definition) is 3. The summed E-state index contributed by atoms with van der Waals surface area (Å²) in [4.78, 5) is 24.0. The first-order chi connectivity index (χ1) is 13.3. The van der Waals surface area contributed by atoms with Gasteiger partial charge in [-0.2, -0.15) is 0 Å². The van der Waals surface area contributed by atoms with Crippen LogP contribution >= 0.6 is 0 Å². The van der Waals surface area contributed by atoms with Gasteiger partial charge in [-0.05, 0) is 53.3 Å². The van der Waals surface area contributed by atoms with Crippen molar-refractivity contribution < 1.29 is 14.3 Å². The van der Waals surface area contributed by atoms with Gasteiger partial charge in [0.25, 0.3) is 0 Å². The van der Waals surface area contributed by atoms with Crippen LogP contribution in [0.3, 0.4) is 0 Å². The summed E-state index contributed by atoms with van der Waals surface area (Å²) >= 11 is 0. The fourth-order valence-corrected chi connectivity index (χ4v) is 2.53. The van der Waals surface area contributed by atoms with Crippen molar-refractivity contribution >= 4 is 23.6 Å².